The molecule has 0 spiro atoms. The zero-order valence-electron chi connectivity index (χ0n) is 17.4. The van der Waals surface area contributed by atoms with E-state index in [1.807, 2.05) is 36.4 Å². The van der Waals surface area contributed by atoms with Crippen LogP contribution < -0.4 is 19.7 Å². The molecule has 0 radical (unpaired) electrons. The highest BCUT2D eigenvalue weighted by atomic mass is 32.2. The van der Waals surface area contributed by atoms with Gasteiger partial charge in [0.2, 0.25) is 12.7 Å². The SMILES string of the molecule is O=C(/C=C1\Sc2ccccc2N(Cc2ccc(F)cc2)C1=O)NCc1ccc2c(c1)OCO2. The van der Waals surface area contributed by atoms with E-state index in [0.29, 0.717) is 16.4 Å². The number of anilines is 1. The quantitative estimate of drug-likeness (QED) is 0.570. The Morgan fingerprint density at radius 3 is 2.64 bits per heavy atom. The topological polar surface area (TPSA) is 67.9 Å². The van der Waals surface area contributed by atoms with Gasteiger partial charge in [0.15, 0.2) is 11.5 Å². The largest absolute Gasteiger partial charge is 0.454 e. The van der Waals surface area contributed by atoms with E-state index in [1.54, 1.807) is 23.1 Å². The Morgan fingerprint density at radius 1 is 1.03 bits per heavy atom. The van der Waals surface area contributed by atoms with Crippen molar-refractivity contribution in [2.24, 2.45) is 0 Å². The fourth-order valence-corrected chi connectivity index (χ4v) is 4.63. The third-order valence-corrected chi connectivity index (χ3v) is 6.33. The van der Waals surface area contributed by atoms with Crippen molar-refractivity contribution < 1.29 is 23.5 Å². The van der Waals surface area contributed by atoms with Crippen molar-refractivity contribution in [2.45, 2.75) is 18.0 Å². The number of rotatable bonds is 5. The van der Waals surface area contributed by atoms with E-state index in [1.165, 1.54) is 30.0 Å². The number of hydrogen-bond acceptors (Lipinski definition) is 5. The molecule has 8 heteroatoms. The second-order valence-corrected chi connectivity index (χ2v) is 8.59. The number of para-hydroxylation sites is 1. The van der Waals surface area contributed by atoms with Crippen molar-refractivity contribution in [3.8, 4) is 11.5 Å². The molecule has 3 aromatic carbocycles. The lowest BCUT2D eigenvalue weighted by atomic mass is 10.1. The highest BCUT2D eigenvalue weighted by molar-refractivity contribution is 8.04. The summed E-state index contributed by atoms with van der Waals surface area (Å²) in [6, 6.07) is 19.0. The molecule has 0 unspecified atom stereocenters. The molecule has 33 heavy (non-hydrogen) atoms. The van der Waals surface area contributed by atoms with Gasteiger partial charge in [-0.2, -0.15) is 0 Å². The summed E-state index contributed by atoms with van der Waals surface area (Å²) < 4.78 is 24.0. The predicted octanol–water partition coefficient (Wildman–Crippen LogP) is 4.39. The van der Waals surface area contributed by atoms with Gasteiger partial charge in [-0.05, 0) is 47.5 Å². The summed E-state index contributed by atoms with van der Waals surface area (Å²) >= 11 is 1.26. The molecule has 2 aliphatic rings. The van der Waals surface area contributed by atoms with Gasteiger partial charge >= 0.3 is 0 Å². The van der Waals surface area contributed by atoms with E-state index < -0.39 is 0 Å². The smallest absolute Gasteiger partial charge is 0.265 e. The first-order valence-corrected chi connectivity index (χ1v) is 11.1. The first-order valence-electron chi connectivity index (χ1n) is 10.3. The molecular weight excluding hydrogens is 443 g/mol. The number of benzene rings is 3. The maximum absolute atomic E-state index is 13.3. The summed E-state index contributed by atoms with van der Waals surface area (Å²) in [6.45, 7) is 0.743. The van der Waals surface area contributed by atoms with Crippen molar-refractivity contribution in [3.63, 3.8) is 0 Å². The number of fused-ring (bicyclic) bond motifs is 2. The van der Waals surface area contributed by atoms with E-state index >= 15 is 0 Å². The maximum Gasteiger partial charge on any atom is 0.265 e. The molecule has 0 saturated heterocycles. The maximum atomic E-state index is 13.3. The van der Waals surface area contributed by atoms with E-state index in [2.05, 4.69) is 5.32 Å². The van der Waals surface area contributed by atoms with Gasteiger partial charge in [-0.25, -0.2) is 4.39 Å². The van der Waals surface area contributed by atoms with Crippen LogP contribution in [0.1, 0.15) is 11.1 Å². The summed E-state index contributed by atoms with van der Waals surface area (Å²) in [4.78, 5) is 28.7. The van der Waals surface area contributed by atoms with E-state index in [9.17, 15) is 14.0 Å². The molecule has 2 amide bonds. The number of halogens is 1. The van der Waals surface area contributed by atoms with Gasteiger partial charge in [-0.3, -0.25) is 9.59 Å². The summed E-state index contributed by atoms with van der Waals surface area (Å²) in [6.07, 6.45) is 1.33. The molecule has 2 heterocycles. The van der Waals surface area contributed by atoms with Crippen molar-refractivity contribution >= 4 is 29.3 Å². The average molecular weight is 463 g/mol. The molecule has 0 aliphatic carbocycles. The van der Waals surface area contributed by atoms with Gasteiger partial charge in [0.05, 0.1) is 17.1 Å². The molecule has 5 rings (SSSR count). The van der Waals surface area contributed by atoms with Gasteiger partial charge in [-0.1, -0.05) is 42.1 Å². The number of carbonyl (C=O) groups excluding carboxylic acids is 2. The molecule has 0 saturated carbocycles. The average Bonchev–Trinajstić information content (AvgIpc) is 3.29. The molecule has 2 aliphatic heterocycles. The second-order valence-electron chi connectivity index (χ2n) is 7.50. The van der Waals surface area contributed by atoms with Gasteiger partial charge < -0.3 is 19.7 Å². The van der Waals surface area contributed by atoms with Crippen LogP contribution in [0.5, 0.6) is 11.5 Å². The fraction of sp³-hybridized carbons (Fsp3) is 0.120. The van der Waals surface area contributed by atoms with Crippen LogP contribution in [-0.2, 0) is 22.7 Å². The van der Waals surface area contributed by atoms with Crippen LogP contribution in [0.2, 0.25) is 0 Å². The third-order valence-electron chi connectivity index (χ3n) is 5.25. The van der Waals surface area contributed by atoms with E-state index in [4.69, 9.17) is 9.47 Å². The van der Waals surface area contributed by atoms with Crippen molar-refractivity contribution in [2.75, 3.05) is 11.7 Å². The van der Waals surface area contributed by atoms with Gasteiger partial charge in [0, 0.05) is 17.5 Å². The first kappa shape index (κ1) is 21.1. The summed E-state index contributed by atoms with van der Waals surface area (Å²) in [7, 11) is 0. The Morgan fingerprint density at radius 2 is 1.79 bits per heavy atom. The van der Waals surface area contributed by atoms with Gasteiger partial charge in [0.1, 0.15) is 5.82 Å². The second kappa shape index (κ2) is 8.99. The standard InChI is InChI=1S/C25H19FN2O4S/c26-18-8-5-16(6-9-18)14-28-19-3-1-2-4-22(19)33-23(25(28)30)12-24(29)27-13-17-7-10-20-21(11-17)32-15-31-20/h1-12H,13-15H2,(H,27,29)/b23-12-. The van der Waals surface area contributed by atoms with Crippen LogP contribution in [0.25, 0.3) is 0 Å². The fourth-order valence-electron chi connectivity index (χ4n) is 3.60. The third kappa shape index (κ3) is 4.56. The molecule has 0 aromatic heterocycles. The Hall–Kier alpha value is -3.78. The minimum Gasteiger partial charge on any atom is -0.454 e. The van der Waals surface area contributed by atoms with Crippen LogP contribution in [0.3, 0.4) is 0 Å². The molecular formula is C25H19FN2O4S. The summed E-state index contributed by atoms with van der Waals surface area (Å²) in [5, 5.41) is 2.82. The number of ether oxygens (including phenoxy) is 2. The minimum atomic E-state index is -0.371. The van der Waals surface area contributed by atoms with Crippen molar-refractivity contribution in [1.29, 1.82) is 0 Å². The van der Waals surface area contributed by atoms with Crippen LogP contribution in [0.4, 0.5) is 10.1 Å². The van der Waals surface area contributed by atoms with Crippen LogP contribution in [0, 0.1) is 5.82 Å². The van der Waals surface area contributed by atoms with Crippen LogP contribution in [0.15, 0.2) is 82.6 Å². The van der Waals surface area contributed by atoms with Crippen molar-refractivity contribution in [1.82, 2.24) is 5.32 Å². The first-order chi connectivity index (χ1) is 16.1. The number of hydrogen-bond donors (Lipinski definition) is 1. The summed E-state index contributed by atoms with van der Waals surface area (Å²) in [5.41, 5.74) is 2.41. The molecule has 0 fully saturated rings. The lowest BCUT2D eigenvalue weighted by Gasteiger charge is -2.30. The molecule has 3 aromatic rings. The number of nitrogens with one attached hydrogen (secondary N) is 1. The number of amides is 2. The molecule has 0 bridgehead atoms. The monoisotopic (exact) mass is 462 g/mol. The molecule has 166 valence electrons. The molecule has 6 nitrogen and oxygen atoms in total. The minimum absolute atomic E-state index is 0.187. The molecule has 0 atom stereocenters. The van der Waals surface area contributed by atoms with Crippen molar-refractivity contribution in [3.05, 3.63) is 94.7 Å². The Balaban J connectivity index is 1.33. The van der Waals surface area contributed by atoms with Crippen LogP contribution in [-0.4, -0.2) is 18.6 Å². The highest BCUT2D eigenvalue weighted by Gasteiger charge is 2.29. The lowest BCUT2D eigenvalue weighted by Crippen LogP contribution is -2.34. The Bertz CT molecular complexity index is 1260. The van der Waals surface area contributed by atoms with Gasteiger partial charge in [-0.15, -0.1) is 0 Å². The van der Waals surface area contributed by atoms with E-state index in [0.717, 1.165) is 21.7 Å². The lowest BCUT2D eigenvalue weighted by molar-refractivity contribution is -0.118. The Kier molecular flexibility index (Phi) is 5.75. The number of carbonyl (C=O) groups is 2. The van der Waals surface area contributed by atoms with Gasteiger partial charge in [0.25, 0.3) is 5.91 Å². The number of thioether (sulfide) groups is 1. The predicted molar refractivity (Wildman–Crippen MR) is 122 cm³/mol. The highest BCUT2D eigenvalue weighted by Crippen LogP contribution is 2.41. The molecule has 1 N–H and O–H groups in total. The number of nitrogens with zero attached hydrogens (tertiary/aromatic N) is 1. The summed E-state index contributed by atoms with van der Waals surface area (Å²) in [5.74, 6) is 0.341. The van der Waals surface area contributed by atoms with Crippen LogP contribution >= 0.6 is 11.8 Å². The normalized spacial score (nSPS) is 15.5. The zero-order valence-corrected chi connectivity index (χ0v) is 18.2. The zero-order chi connectivity index (χ0) is 22.8. The Labute approximate surface area is 194 Å². The van der Waals surface area contributed by atoms with E-state index in [-0.39, 0.29) is 37.5 Å².